The molecular formula is C18H25N5O6S. The largest absolute Gasteiger partial charge is 0.427 e. The average molecular weight is 439 g/mol. The number of tetrazole rings is 1. The summed E-state index contributed by atoms with van der Waals surface area (Å²) in [6, 6.07) is 0. The number of ether oxygens (including phenoxy) is 2. The Hall–Kier alpha value is -2.47. The fourth-order valence-corrected chi connectivity index (χ4v) is 4.77. The van der Waals surface area contributed by atoms with Gasteiger partial charge in [0.25, 0.3) is 0 Å². The van der Waals surface area contributed by atoms with Crippen LogP contribution in [0, 0.1) is 5.41 Å². The van der Waals surface area contributed by atoms with Crippen LogP contribution < -0.4 is 0 Å². The van der Waals surface area contributed by atoms with Gasteiger partial charge in [0.05, 0.1) is 17.9 Å². The van der Waals surface area contributed by atoms with Gasteiger partial charge in [-0.2, -0.15) is 0 Å². The first kappa shape index (κ1) is 22.2. The summed E-state index contributed by atoms with van der Waals surface area (Å²) >= 11 is 1.30. The Labute approximate surface area is 177 Å². The summed E-state index contributed by atoms with van der Waals surface area (Å²) in [5.41, 5.74) is -0.633. The molecule has 0 aliphatic carbocycles. The van der Waals surface area contributed by atoms with Crippen molar-refractivity contribution in [2.75, 3.05) is 6.79 Å². The Balaban J connectivity index is 1.71. The van der Waals surface area contributed by atoms with Crippen molar-refractivity contribution in [2.24, 2.45) is 5.41 Å². The van der Waals surface area contributed by atoms with Crippen LogP contribution in [0.15, 0.2) is 16.9 Å². The summed E-state index contributed by atoms with van der Waals surface area (Å²) in [6.07, 6.45) is 1.85. The molecule has 0 unspecified atom stereocenters. The molecule has 0 bridgehead atoms. The lowest BCUT2D eigenvalue weighted by molar-refractivity contribution is -0.174. The molecule has 1 amide bonds. The molecule has 1 saturated heterocycles. The van der Waals surface area contributed by atoms with Gasteiger partial charge in [-0.05, 0) is 51.0 Å². The van der Waals surface area contributed by atoms with Crippen LogP contribution in [0.1, 0.15) is 47.0 Å². The van der Waals surface area contributed by atoms with E-state index in [9.17, 15) is 19.5 Å². The van der Waals surface area contributed by atoms with Crippen LogP contribution in [0.5, 0.6) is 0 Å². The number of thioether (sulfide) groups is 1. The predicted octanol–water partition coefficient (Wildman–Crippen LogP) is 0.811. The highest BCUT2D eigenvalue weighted by Gasteiger charge is 2.62. The summed E-state index contributed by atoms with van der Waals surface area (Å²) in [6.45, 7) is 6.62. The number of hydrogen-bond acceptors (Lipinski definition) is 10. The minimum Gasteiger partial charge on any atom is -0.427 e. The van der Waals surface area contributed by atoms with Crippen molar-refractivity contribution in [3.05, 3.63) is 16.9 Å². The molecule has 1 N–H and O–H groups in total. The van der Waals surface area contributed by atoms with Crippen LogP contribution in [-0.4, -0.2) is 65.8 Å². The van der Waals surface area contributed by atoms with E-state index in [2.05, 4.69) is 15.5 Å². The van der Waals surface area contributed by atoms with Gasteiger partial charge in [-0.15, -0.1) is 5.10 Å². The van der Waals surface area contributed by atoms with Gasteiger partial charge in [-0.3, -0.25) is 14.5 Å². The van der Waals surface area contributed by atoms with Gasteiger partial charge in [0, 0.05) is 11.4 Å². The third kappa shape index (κ3) is 4.19. The minimum absolute atomic E-state index is 0.0978. The third-order valence-electron chi connectivity index (χ3n) is 4.84. The molecule has 2 atom stereocenters. The maximum Gasteiger partial charge on any atom is 0.358 e. The molecule has 0 spiro atoms. The maximum atomic E-state index is 12.8. The van der Waals surface area contributed by atoms with Crippen molar-refractivity contribution in [1.82, 2.24) is 25.1 Å². The molecule has 12 heteroatoms. The molecule has 2 aliphatic heterocycles. The maximum absolute atomic E-state index is 12.8. The van der Waals surface area contributed by atoms with Gasteiger partial charge in [0.15, 0.2) is 0 Å². The summed E-state index contributed by atoms with van der Waals surface area (Å²) in [5, 5.41) is 21.2. The number of amides is 1. The molecule has 1 aromatic heterocycles. The Morgan fingerprint density at radius 2 is 2.10 bits per heavy atom. The van der Waals surface area contributed by atoms with Crippen LogP contribution in [0.4, 0.5) is 0 Å². The number of nitrogens with zero attached hydrogens (tertiary/aromatic N) is 5. The fraction of sp³-hybridized carbons (Fsp3) is 0.667. The lowest BCUT2D eigenvalue weighted by Gasteiger charge is -2.48. The average Bonchev–Trinajstić information content (AvgIpc) is 3.25. The standard InChI is InChI=1S/C18H25N5O6S/c1-11(24)18-8-13(25)23(18)14(15(26)28-10-29-16(27)17(2,3)4)12(30-18)6-5-7-22-9-19-20-21-22/h9,11,24H,5-8,10H2,1-4H3/t11-,18-/m0/s1. The molecule has 2 aliphatic rings. The molecule has 3 rings (SSSR count). The highest BCUT2D eigenvalue weighted by molar-refractivity contribution is 8.04. The number of aryl methyl sites for hydroxylation is 1. The van der Waals surface area contributed by atoms with Gasteiger partial charge in [0.1, 0.15) is 16.9 Å². The first-order chi connectivity index (χ1) is 14.1. The minimum atomic E-state index is -0.905. The summed E-state index contributed by atoms with van der Waals surface area (Å²) in [5.74, 6) is -1.54. The smallest absolute Gasteiger partial charge is 0.358 e. The second-order valence-corrected chi connectivity index (χ2v) is 9.61. The molecule has 1 aromatic rings. The molecule has 3 heterocycles. The van der Waals surface area contributed by atoms with Crippen molar-refractivity contribution < 1.29 is 29.0 Å². The van der Waals surface area contributed by atoms with E-state index in [1.807, 2.05) is 0 Å². The second kappa shape index (κ2) is 8.34. The molecule has 0 aromatic carbocycles. The number of carbonyl (C=O) groups excluding carboxylic acids is 3. The first-order valence-electron chi connectivity index (χ1n) is 9.54. The number of aromatic nitrogens is 4. The van der Waals surface area contributed by atoms with E-state index in [4.69, 9.17) is 9.47 Å². The van der Waals surface area contributed by atoms with Gasteiger partial charge in [0.2, 0.25) is 12.7 Å². The summed E-state index contributed by atoms with van der Waals surface area (Å²) in [7, 11) is 0. The number of aliphatic hydroxyl groups is 1. The lowest BCUT2D eigenvalue weighted by Crippen LogP contribution is -2.64. The van der Waals surface area contributed by atoms with E-state index >= 15 is 0 Å². The van der Waals surface area contributed by atoms with Crippen LogP contribution >= 0.6 is 11.8 Å². The fourth-order valence-electron chi connectivity index (χ4n) is 3.18. The van der Waals surface area contributed by atoms with Crippen molar-refractivity contribution in [3.8, 4) is 0 Å². The van der Waals surface area contributed by atoms with Crippen LogP contribution in [0.3, 0.4) is 0 Å². The van der Waals surface area contributed by atoms with Crippen molar-refractivity contribution in [1.29, 1.82) is 0 Å². The highest BCUT2D eigenvalue weighted by Crippen LogP contribution is 2.57. The van der Waals surface area contributed by atoms with Gasteiger partial charge < -0.3 is 14.6 Å². The normalized spacial score (nSPS) is 21.9. The lowest BCUT2D eigenvalue weighted by atomic mass is 9.95. The van der Waals surface area contributed by atoms with Crippen molar-refractivity contribution in [3.63, 3.8) is 0 Å². The zero-order valence-corrected chi connectivity index (χ0v) is 18.1. The van der Waals surface area contributed by atoms with Crippen LogP contribution in [0.2, 0.25) is 0 Å². The topological polar surface area (TPSA) is 137 Å². The number of β-lactam (4-membered cyclic amide) rings is 1. The molecule has 0 radical (unpaired) electrons. The number of esters is 2. The first-order valence-corrected chi connectivity index (χ1v) is 10.4. The summed E-state index contributed by atoms with van der Waals surface area (Å²) < 4.78 is 11.7. The predicted molar refractivity (Wildman–Crippen MR) is 104 cm³/mol. The zero-order valence-electron chi connectivity index (χ0n) is 17.3. The van der Waals surface area contributed by atoms with E-state index in [1.165, 1.54) is 23.0 Å². The van der Waals surface area contributed by atoms with Crippen LogP contribution in [0.25, 0.3) is 0 Å². The Kier molecular flexibility index (Phi) is 6.18. The highest BCUT2D eigenvalue weighted by atomic mass is 32.2. The molecule has 164 valence electrons. The van der Waals surface area contributed by atoms with Crippen molar-refractivity contribution in [2.45, 2.75) is 64.5 Å². The van der Waals surface area contributed by atoms with E-state index in [0.29, 0.717) is 24.3 Å². The number of fused-ring (bicyclic) bond motifs is 1. The molecule has 0 saturated carbocycles. The number of allylic oxidation sites excluding steroid dienone is 1. The zero-order chi connectivity index (χ0) is 22.1. The molecular weight excluding hydrogens is 414 g/mol. The summed E-state index contributed by atoms with van der Waals surface area (Å²) in [4.78, 5) is 38.0. The van der Waals surface area contributed by atoms with E-state index in [1.54, 1.807) is 32.4 Å². The molecule has 1 fully saturated rings. The SMILES string of the molecule is C[C@H](O)[C@@]12CC(=O)N1C(C(=O)OCOC(=O)C(C)(C)C)=C(CCCn1cnnn1)S2. The Morgan fingerprint density at radius 1 is 1.37 bits per heavy atom. The second-order valence-electron chi connectivity index (χ2n) is 8.21. The van der Waals surface area contributed by atoms with E-state index in [-0.39, 0.29) is 18.0 Å². The van der Waals surface area contributed by atoms with E-state index < -0.39 is 35.1 Å². The quantitative estimate of drug-likeness (QED) is 0.352. The number of rotatable bonds is 8. The van der Waals surface area contributed by atoms with Crippen molar-refractivity contribution >= 4 is 29.6 Å². The van der Waals surface area contributed by atoms with E-state index in [0.717, 1.165) is 0 Å². The Bertz CT molecular complexity index is 863. The third-order valence-corrected chi connectivity index (χ3v) is 6.51. The number of aliphatic hydroxyl groups excluding tert-OH is 1. The molecule has 30 heavy (non-hydrogen) atoms. The molecule has 11 nitrogen and oxygen atoms in total. The number of carbonyl (C=O) groups is 3. The van der Waals surface area contributed by atoms with Gasteiger partial charge in [-0.1, -0.05) is 11.8 Å². The Morgan fingerprint density at radius 3 is 2.67 bits per heavy atom. The van der Waals surface area contributed by atoms with Crippen LogP contribution in [-0.2, 0) is 30.4 Å². The van der Waals surface area contributed by atoms with Gasteiger partial charge in [-0.25, -0.2) is 9.48 Å². The van der Waals surface area contributed by atoms with Gasteiger partial charge >= 0.3 is 11.9 Å². The number of hydrogen-bond donors (Lipinski definition) is 1. The monoisotopic (exact) mass is 439 g/mol.